The maximum absolute atomic E-state index is 15.1. The van der Waals surface area contributed by atoms with Gasteiger partial charge < -0.3 is 24.4 Å². The van der Waals surface area contributed by atoms with E-state index in [1.807, 2.05) is 4.90 Å². The third kappa shape index (κ3) is 3.18. The standard InChI is InChI=1S/C29H28FN3O6/c1-3-29(38)18-9-22-26-16(11-33(22)27(36)17(18)12-39-28(29)37)25-21(32-7-6-14(34)8-23(32)35)5-4-15-13(2)19(30)10-20(31-26)24(15)25/h9-10,14,21,34,38H,3-8,11-12H2,1-2H3/t14?,21-,29-/m0/s1. The number of piperidine rings is 1. The number of hydrogen-bond donors (Lipinski definition) is 2. The van der Waals surface area contributed by atoms with Gasteiger partial charge >= 0.3 is 5.97 Å². The quantitative estimate of drug-likeness (QED) is 0.380. The number of aliphatic hydroxyl groups excluding tert-OH is 1. The lowest BCUT2D eigenvalue weighted by molar-refractivity contribution is -0.172. The monoisotopic (exact) mass is 533 g/mol. The van der Waals surface area contributed by atoms with Crippen molar-refractivity contribution in [3.8, 4) is 11.4 Å². The van der Waals surface area contributed by atoms with Crippen LogP contribution < -0.4 is 5.56 Å². The fourth-order valence-corrected chi connectivity index (χ4v) is 7.01. The van der Waals surface area contributed by atoms with E-state index in [-0.39, 0.29) is 60.4 Å². The van der Waals surface area contributed by atoms with Crippen LogP contribution in [0.25, 0.3) is 22.3 Å². The number of aryl methyl sites for hydroxylation is 1. The number of cyclic esters (lactones) is 1. The number of amides is 1. The summed E-state index contributed by atoms with van der Waals surface area (Å²) < 4.78 is 21.8. The number of ether oxygens (including phenoxy) is 1. The van der Waals surface area contributed by atoms with Crippen molar-refractivity contribution in [2.75, 3.05) is 6.54 Å². The van der Waals surface area contributed by atoms with E-state index in [1.165, 1.54) is 6.07 Å². The zero-order chi connectivity index (χ0) is 27.4. The third-order valence-electron chi connectivity index (χ3n) is 9.16. The van der Waals surface area contributed by atoms with Crippen LogP contribution in [0.2, 0.25) is 0 Å². The Morgan fingerprint density at radius 3 is 2.72 bits per heavy atom. The molecule has 9 nitrogen and oxygen atoms in total. The second-order valence-electron chi connectivity index (χ2n) is 11.1. The molecule has 2 aromatic heterocycles. The SMILES string of the molecule is CC[C@@]1(O)C(=O)OCc2c1cc1n(c2=O)Cc2c-1nc1cc(F)c(C)c3c1c2[C@@H](N1CCC(O)CC1=O)CC3. The molecule has 0 radical (unpaired) electrons. The van der Waals surface area contributed by atoms with E-state index >= 15 is 4.39 Å². The molecule has 1 aliphatic carbocycles. The maximum Gasteiger partial charge on any atom is 0.343 e. The molecule has 4 aliphatic rings. The van der Waals surface area contributed by atoms with E-state index in [0.29, 0.717) is 48.3 Å². The molecule has 3 aliphatic heterocycles. The van der Waals surface area contributed by atoms with Gasteiger partial charge in [-0.1, -0.05) is 6.92 Å². The summed E-state index contributed by atoms with van der Waals surface area (Å²) in [6.45, 7) is 3.78. The Morgan fingerprint density at radius 2 is 1.97 bits per heavy atom. The molecule has 7 rings (SSSR count). The van der Waals surface area contributed by atoms with Gasteiger partial charge in [-0.3, -0.25) is 9.59 Å². The van der Waals surface area contributed by atoms with Crippen molar-refractivity contribution in [2.24, 2.45) is 0 Å². The van der Waals surface area contributed by atoms with Gasteiger partial charge in [0.2, 0.25) is 5.91 Å². The lowest BCUT2D eigenvalue weighted by atomic mass is 9.80. The number of pyridine rings is 2. The molecule has 5 heterocycles. The van der Waals surface area contributed by atoms with Crippen molar-refractivity contribution in [1.29, 1.82) is 0 Å². The van der Waals surface area contributed by atoms with Crippen LogP contribution >= 0.6 is 0 Å². The fourth-order valence-electron chi connectivity index (χ4n) is 7.01. The number of likely N-dealkylation sites (tertiary alicyclic amines) is 1. The average Bonchev–Trinajstić information content (AvgIpc) is 3.28. The number of halogens is 1. The van der Waals surface area contributed by atoms with Gasteiger partial charge in [0.1, 0.15) is 12.4 Å². The van der Waals surface area contributed by atoms with Crippen molar-refractivity contribution in [3.63, 3.8) is 0 Å². The number of carbonyl (C=O) groups is 2. The van der Waals surface area contributed by atoms with E-state index in [9.17, 15) is 24.6 Å². The van der Waals surface area contributed by atoms with Gasteiger partial charge in [-0.05, 0) is 55.4 Å². The molecule has 39 heavy (non-hydrogen) atoms. The second-order valence-corrected chi connectivity index (χ2v) is 11.1. The van der Waals surface area contributed by atoms with E-state index in [1.54, 1.807) is 24.5 Å². The molecule has 3 aromatic rings. The van der Waals surface area contributed by atoms with Crippen molar-refractivity contribution >= 4 is 22.8 Å². The third-order valence-corrected chi connectivity index (χ3v) is 9.16. The van der Waals surface area contributed by atoms with E-state index in [2.05, 4.69) is 0 Å². The first-order valence-corrected chi connectivity index (χ1v) is 13.4. The summed E-state index contributed by atoms with van der Waals surface area (Å²) >= 11 is 0. The molecular weight excluding hydrogens is 505 g/mol. The minimum atomic E-state index is -1.95. The number of esters is 1. The van der Waals surface area contributed by atoms with E-state index in [4.69, 9.17) is 9.72 Å². The first-order valence-electron chi connectivity index (χ1n) is 13.4. The molecule has 3 atom stereocenters. The minimum absolute atomic E-state index is 0.0316. The van der Waals surface area contributed by atoms with Gasteiger partial charge in [0.05, 0.1) is 47.6 Å². The molecule has 0 spiro atoms. The Bertz CT molecular complexity index is 1700. The van der Waals surface area contributed by atoms with Gasteiger partial charge in [0.15, 0.2) is 5.60 Å². The number of hydrogen-bond acceptors (Lipinski definition) is 7. The number of nitrogens with zero attached hydrogens (tertiary/aromatic N) is 3. The summed E-state index contributed by atoms with van der Waals surface area (Å²) in [7, 11) is 0. The molecule has 1 saturated heterocycles. The zero-order valence-corrected chi connectivity index (χ0v) is 21.7. The first-order chi connectivity index (χ1) is 18.6. The van der Waals surface area contributed by atoms with Crippen molar-refractivity contribution < 1.29 is 28.9 Å². The first kappa shape index (κ1) is 24.4. The lowest BCUT2D eigenvalue weighted by Crippen LogP contribution is -2.44. The molecule has 1 fully saturated rings. The highest BCUT2D eigenvalue weighted by Crippen LogP contribution is 2.48. The van der Waals surface area contributed by atoms with Crippen molar-refractivity contribution in [1.82, 2.24) is 14.5 Å². The summed E-state index contributed by atoms with van der Waals surface area (Å²) in [5, 5.41) is 22.1. The van der Waals surface area contributed by atoms with Gasteiger partial charge in [0, 0.05) is 29.1 Å². The van der Waals surface area contributed by atoms with Crippen molar-refractivity contribution in [2.45, 2.75) is 76.9 Å². The van der Waals surface area contributed by atoms with E-state index < -0.39 is 17.7 Å². The normalized spacial score (nSPS) is 25.4. The average molecular weight is 534 g/mol. The van der Waals surface area contributed by atoms with Crippen LogP contribution in [0.1, 0.15) is 72.0 Å². The van der Waals surface area contributed by atoms with Gasteiger partial charge in [-0.15, -0.1) is 0 Å². The summed E-state index contributed by atoms with van der Waals surface area (Å²) in [6, 6.07) is 2.74. The predicted molar refractivity (Wildman–Crippen MR) is 137 cm³/mol. The molecule has 10 heteroatoms. The van der Waals surface area contributed by atoms with Crippen LogP contribution in [-0.4, -0.2) is 49.2 Å². The molecule has 0 bridgehead atoms. The van der Waals surface area contributed by atoms with Crippen LogP contribution in [0.5, 0.6) is 0 Å². The van der Waals surface area contributed by atoms with Gasteiger partial charge in [-0.2, -0.15) is 0 Å². The number of carbonyl (C=O) groups excluding carboxylic acids is 2. The number of aromatic nitrogens is 2. The highest BCUT2D eigenvalue weighted by molar-refractivity contribution is 5.94. The Balaban J connectivity index is 1.51. The highest BCUT2D eigenvalue weighted by Gasteiger charge is 2.46. The minimum Gasteiger partial charge on any atom is -0.458 e. The number of fused-ring (bicyclic) bond motifs is 5. The molecule has 202 valence electrons. The van der Waals surface area contributed by atoms with Crippen molar-refractivity contribution in [3.05, 3.63) is 61.7 Å². The summed E-state index contributed by atoms with van der Waals surface area (Å²) in [5.41, 5.74) is 2.56. The summed E-state index contributed by atoms with van der Waals surface area (Å²) in [4.78, 5) is 46.0. The summed E-state index contributed by atoms with van der Waals surface area (Å²) in [6.07, 6.45) is 1.06. The Labute approximate surface area is 222 Å². The summed E-state index contributed by atoms with van der Waals surface area (Å²) in [5.74, 6) is -1.29. The molecule has 0 saturated carbocycles. The van der Waals surface area contributed by atoms with Crippen LogP contribution in [0.4, 0.5) is 4.39 Å². The van der Waals surface area contributed by atoms with Gasteiger partial charge in [-0.25, -0.2) is 14.2 Å². The Kier molecular flexibility index (Phi) is 5.13. The van der Waals surface area contributed by atoms with Crippen LogP contribution in [0.3, 0.4) is 0 Å². The maximum atomic E-state index is 15.1. The lowest BCUT2D eigenvalue weighted by Gasteiger charge is -2.40. The molecule has 1 amide bonds. The van der Waals surface area contributed by atoms with Crippen LogP contribution in [0.15, 0.2) is 16.9 Å². The molecule has 1 aromatic carbocycles. The number of benzene rings is 1. The van der Waals surface area contributed by atoms with Gasteiger partial charge in [0.25, 0.3) is 5.56 Å². The molecule has 1 unspecified atom stereocenters. The molecular formula is C29H28FN3O6. The fraction of sp³-hybridized carbons (Fsp3) is 0.448. The van der Waals surface area contributed by atoms with Crippen LogP contribution in [-0.2, 0) is 39.5 Å². The largest absolute Gasteiger partial charge is 0.458 e. The molecule has 2 N–H and O–H groups in total. The second kappa shape index (κ2) is 8.19. The van der Waals surface area contributed by atoms with Crippen LogP contribution in [0, 0.1) is 12.7 Å². The number of rotatable bonds is 2. The number of aliphatic hydroxyl groups is 2. The van der Waals surface area contributed by atoms with E-state index in [0.717, 1.165) is 22.1 Å². The highest BCUT2D eigenvalue weighted by atomic mass is 19.1. The topological polar surface area (TPSA) is 122 Å². The predicted octanol–water partition coefficient (Wildman–Crippen LogP) is 2.50. The Hall–Kier alpha value is -3.63. The Morgan fingerprint density at radius 1 is 1.18 bits per heavy atom. The smallest absolute Gasteiger partial charge is 0.343 e. The zero-order valence-electron chi connectivity index (χ0n) is 21.7.